The molecular formula is C64H99NO10. The standard InChI is InChI=1S/C64H99NO10/c1-4-7-10-13-16-19-22-25-27-29-31-34-37-40-43-46-49-52-59(69)75-62-61(71)60(70)58(53-66)74-64(62)73-54-55(56(67)50-47-44-41-38-35-32-24-21-18-15-12-9-6-3)65-63(72)57(68)51-48-45-42-39-36-33-30-28-26-23-20-17-14-11-8-5-2/h7-8,10-11,13-14,16-17,19-20,22-23,25-31,33-34,36-37,39,47,50,55-58,60-62,64,66-68,70-71H,4-6,9,12,15,18,21,24,32,35,38,40-46,48-49,51-54H2,1-3H3,(H,65,72)/b10-7-,11-8-,16-13+,17-14+,22-19+,23-20+,27-25-,28-26-,31-29+,33-30+,37-34+,39-36+,50-47+. The van der Waals surface area contributed by atoms with Crippen LogP contribution in [0, 0.1) is 0 Å². The molecule has 1 fully saturated rings. The van der Waals surface area contributed by atoms with Crippen molar-refractivity contribution in [3.8, 4) is 0 Å². The van der Waals surface area contributed by atoms with E-state index < -0.39 is 67.4 Å². The second kappa shape index (κ2) is 50.1. The largest absolute Gasteiger partial charge is 0.454 e. The van der Waals surface area contributed by atoms with Gasteiger partial charge < -0.3 is 45.1 Å². The number of hydrogen-bond donors (Lipinski definition) is 6. The molecule has 1 aliphatic heterocycles. The van der Waals surface area contributed by atoms with Crippen molar-refractivity contribution in [2.45, 2.75) is 217 Å². The summed E-state index contributed by atoms with van der Waals surface area (Å²) >= 11 is 0. The summed E-state index contributed by atoms with van der Waals surface area (Å²) in [7, 11) is 0. The number of unbranched alkanes of at least 4 members (excludes halogenated alkanes) is 16. The Hall–Kier alpha value is -4.72. The number of carbonyl (C=O) groups is 2. The van der Waals surface area contributed by atoms with Crippen molar-refractivity contribution in [1.29, 1.82) is 0 Å². The molecule has 1 heterocycles. The lowest BCUT2D eigenvalue weighted by molar-refractivity contribution is -0.305. The van der Waals surface area contributed by atoms with E-state index in [0.717, 1.165) is 70.6 Å². The molecule has 0 saturated carbocycles. The Morgan fingerprint density at radius 2 is 0.960 bits per heavy atom. The fourth-order valence-corrected chi connectivity index (χ4v) is 7.77. The van der Waals surface area contributed by atoms with Crippen molar-refractivity contribution in [3.05, 3.63) is 158 Å². The molecule has 0 aromatic carbocycles. The highest BCUT2D eigenvalue weighted by atomic mass is 16.7. The van der Waals surface area contributed by atoms with E-state index in [1.807, 2.05) is 134 Å². The molecule has 0 radical (unpaired) electrons. The summed E-state index contributed by atoms with van der Waals surface area (Å²) in [5, 5.41) is 56.8. The first-order valence-electron chi connectivity index (χ1n) is 28.4. The van der Waals surface area contributed by atoms with Crippen molar-refractivity contribution < 1.29 is 49.3 Å². The number of aliphatic hydroxyl groups excluding tert-OH is 5. The van der Waals surface area contributed by atoms with Crippen LogP contribution in [0.25, 0.3) is 0 Å². The molecule has 0 spiro atoms. The SMILES string of the molecule is CC\C=C/C=C/C=C/C=C\C=C\C=C\CCCCCC(=O)OC1C(OCC(NC(=O)C(O)CCCC/C=C/C=C/C=C\C=C\C=C\C=C/CC)C(O)/C=C/CCCCCCCCCCCCC)OC(CO)C(O)C1O. The normalized spacial score (nSPS) is 20.5. The van der Waals surface area contributed by atoms with Crippen LogP contribution in [-0.2, 0) is 23.8 Å². The quantitative estimate of drug-likeness (QED) is 0.0149. The molecule has 0 aromatic heterocycles. The molecule has 420 valence electrons. The van der Waals surface area contributed by atoms with Crippen molar-refractivity contribution in [1.82, 2.24) is 5.32 Å². The Balaban J connectivity index is 2.84. The Morgan fingerprint density at radius 1 is 0.533 bits per heavy atom. The first-order valence-corrected chi connectivity index (χ1v) is 28.4. The average Bonchev–Trinajstić information content (AvgIpc) is 3.41. The molecule has 11 heteroatoms. The summed E-state index contributed by atoms with van der Waals surface area (Å²) in [5.41, 5.74) is 0. The van der Waals surface area contributed by atoms with E-state index in [9.17, 15) is 35.1 Å². The minimum Gasteiger partial charge on any atom is -0.454 e. The molecule has 0 aromatic rings. The van der Waals surface area contributed by atoms with E-state index in [2.05, 4.69) is 44.3 Å². The highest BCUT2D eigenvalue weighted by Crippen LogP contribution is 2.26. The third-order valence-electron chi connectivity index (χ3n) is 12.2. The molecule has 1 amide bonds. The molecular weight excluding hydrogens is 943 g/mol. The monoisotopic (exact) mass is 1040 g/mol. The maximum Gasteiger partial charge on any atom is 0.306 e. The zero-order valence-corrected chi connectivity index (χ0v) is 46.1. The van der Waals surface area contributed by atoms with Crippen LogP contribution in [0.1, 0.15) is 168 Å². The number of aliphatic hydroxyl groups is 5. The van der Waals surface area contributed by atoms with Gasteiger partial charge in [-0.1, -0.05) is 256 Å². The van der Waals surface area contributed by atoms with Gasteiger partial charge in [0.2, 0.25) is 5.91 Å². The fraction of sp³-hybridized carbons (Fsp3) is 0.562. The van der Waals surface area contributed by atoms with Gasteiger partial charge in [0.1, 0.15) is 24.4 Å². The first-order chi connectivity index (χ1) is 36.7. The van der Waals surface area contributed by atoms with Crippen molar-refractivity contribution in [2.75, 3.05) is 13.2 Å². The Labute approximate surface area is 453 Å². The summed E-state index contributed by atoms with van der Waals surface area (Å²) in [6.07, 6.45) is 62.7. The molecule has 1 aliphatic rings. The number of nitrogens with one attached hydrogen (secondary N) is 1. The Kier molecular flexibility index (Phi) is 45.6. The van der Waals surface area contributed by atoms with Gasteiger partial charge in [-0.3, -0.25) is 9.59 Å². The van der Waals surface area contributed by atoms with E-state index in [1.165, 1.54) is 51.4 Å². The van der Waals surface area contributed by atoms with E-state index in [-0.39, 0.29) is 19.4 Å². The molecule has 75 heavy (non-hydrogen) atoms. The molecule has 0 bridgehead atoms. The van der Waals surface area contributed by atoms with E-state index in [4.69, 9.17) is 14.2 Å². The van der Waals surface area contributed by atoms with Crippen LogP contribution < -0.4 is 5.32 Å². The summed E-state index contributed by atoms with van der Waals surface area (Å²) < 4.78 is 17.5. The van der Waals surface area contributed by atoms with Crippen LogP contribution in [0.5, 0.6) is 0 Å². The minimum absolute atomic E-state index is 0.0555. The Morgan fingerprint density at radius 3 is 1.44 bits per heavy atom. The van der Waals surface area contributed by atoms with Gasteiger partial charge in [0.25, 0.3) is 0 Å². The number of rotatable bonds is 44. The van der Waals surface area contributed by atoms with Gasteiger partial charge in [0.15, 0.2) is 12.4 Å². The number of carbonyl (C=O) groups excluding carboxylic acids is 2. The molecule has 1 saturated heterocycles. The van der Waals surface area contributed by atoms with Gasteiger partial charge in [-0.05, 0) is 64.2 Å². The predicted molar refractivity (Wildman–Crippen MR) is 310 cm³/mol. The Bertz CT molecular complexity index is 1820. The van der Waals surface area contributed by atoms with Gasteiger partial charge in [0.05, 0.1) is 25.4 Å². The third-order valence-corrected chi connectivity index (χ3v) is 12.2. The van der Waals surface area contributed by atoms with Gasteiger partial charge in [-0.25, -0.2) is 0 Å². The molecule has 8 unspecified atom stereocenters. The van der Waals surface area contributed by atoms with Crippen molar-refractivity contribution in [3.63, 3.8) is 0 Å². The third kappa shape index (κ3) is 38.5. The summed E-state index contributed by atoms with van der Waals surface area (Å²) in [4.78, 5) is 26.5. The molecule has 8 atom stereocenters. The van der Waals surface area contributed by atoms with Gasteiger partial charge in [-0.15, -0.1) is 0 Å². The maximum absolute atomic E-state index is 13.4. The van der Waals surface area contributed by atoms with Gasteiger partial charge >= 0.3 is 5.97 Å². The molecule has 11 nitrogen and oxygen atoms in total. The predicted octanol–water partition coefficient (Wildman–Crippen LogP) is 12.8. The van der Waals surface area contributed by atoms with Crippen LogP contribution in [0.15, 0.2) is 158 Å². The lowest BCUT2D eigenvalue weighted by Crippen LogP contribution is -2.61. The zero-order chi connectivity index (χ0) is 54.7. The minimum atomic E-state index is -1.65. The number of hydrogen-bond acceptors (Lipinski definition) is 10. The number of ether oxygens (including phenoxy) is 3. The topological polar surface area (TPSA) is 175 Å². The lowest BCUT2D eigenvalue weighted by atomic mass is 9.99. The smallest absolute Gasteiger partial charge is 0.306 e. The van der Waals surface area contributed by atoms with Crippen LogP contribution >= 0.6 is 0 Å². The lowest BCUT2D eigenvalue weighted by Gasteiger charge is -2.41. The van der Waals surface area contributed by atoms with Crippen molar-refractivity contribution >= 4 is 11.9 Å². The fourth-order valence-electron chi connectivity index (χ4n) is 7.77. The van der Waals surface area contributed by atoms with Crippen LogP contribution in [0.2, 0.25) is 0 Å². The van der Waals surface area contributed by atoms with Crippen LogP contribution in [0.4, 0.5) is 0 Å². The average molecular weight is 1040 g/mol. The van der Waals surface area contributed by atoms with E-state index >= 15 is 0 Å². The van der Waals surface area contributed by atoms with Crippen molar-refractivity contribution in [2.24, 2.45) is 0 Å². The van der Waals surface area contributed by atoms with Crippen LogP contribution in [0.3, 0.4) is 0 Å². The molecule has 0 aliphatic carbocycles. The zero-order valence-electron chi connectivity index (χ0n) is 46.1. The molecule has 6 N–H and O–H groups in total. The maximum atomic E-state index is 13.4. The second-order valence-electron chi connectivity index (χ2n) is 18.9. The summed E-state index contributed by atoms with van der Waals surface area (Å²) in [5.74, 6) is -1.30. The first kappa shape index (κ1) is 68.3. The summed E-state index contributed by atoms with van der Waals surface area (Å²) in [6, 6.07) is -1.07. The highest BCUT2D eigenvalue weighted by molar-refractivity contribution is 5.80. The number of allylic oxidation sites excluding steroid dienone is 25. The molecule has 1 rings (SSSR count). The van der Waals surface area contributed by atoms with Crippen LogP contribution in [-0.4, -0.2) is 99.6 Å². The highest BCUT2D eigenvalue weighted by Gasteiger charge is 2.47. The van der Waals surface area contributed by atoms with Gasteiger partial charge in [-0.2, -0.15) is 0 Å². The summed E-state index contributed by atoms with van der Waals surface area (Å²) in [6.45, 7) is 5.41. The number of esters is 1. The van der Waals surface area contributed by atoms with Gasteiger partial charge in [0, 0.05) is 6.42 Å². The van der Waals surface area contributed by atoms with E-state index in [0.29, 0.717) is 12.8 Å². The number of amides is 1. The van der Waals surface area contributed by atoms with E-state index in [1.54, 1.807) is 6.08 Å². The second-order valence-corrected chi connectivity index (χ2v) is 18.9.